The lowest BCUT2D eigenvalue weighted by molar-refractivity contribution is 0.304. The van der Waals surface area contributed by atoms with Crippen LogP contribution in [0.25, 0.3) is 0 Å². The number of thioether (sulfide) groups is 1. The van der Waals surface area contributed by atoms with E-state index in [1.165, 1.54) is 37.9 Å². The molecule has 3 N–H and O–H groups in total. The highest BCUT2D eigenvalue weighted by molar-refractivity contribution is 7.99. The Hall–Kier alpha value is -0.380. The molecule has 17 heavy (non-hydrogen) atoms. The Kier molecular flexibility index (Phi) is 6.17. The minimum Gasteiger partial charge on any atom is -0.409 e. The van der Waals surface area contributed by atoms with Crippen molar-refractivity contribution in [2.75, 3.05) is 5.75 Å². The summed E-state index contributed by atoms with van der Waals surface area (Å²) in [6.45, 7) is 4.07. The van der Waals surface area contributed by atoms with Gasteiger partial charge in [-0.3, -0.25) is 0 Å². The van der Waals surface area contributed by atoms with Gasteiger partial charge in [0.25, 0.3) is 0 Å². The predicted octanol–water partition coefficient (Wildman–Crippen LogP) is 3.61. The fraction of sp³-hybridized carbons (Fsp3) is 0.923. The first-order chi connectivity index (χ1) is 8.06. The van der Waals surface area contributed by atoms with Gasteiger partial charge >= 0.3 is 0 Å². The van der Waals surface area contributed by atoms with Crippen LogP contribution in [0.15, 0.2) is 5.16 Å². The third-order valence-corrected chi connectivity index (χ3v) is 5.12. The molecule has 0 atom stereocenters. The summed E-state index contributed by atoms with van der Waals surface area (Å²) in [5.41, 5.74) is 5.49. The first kappa shape index (κ1) is 14.7. The van der Waals surface area contributed by atoms with Crippen molar-refractivity contribution in [3.05, 3.63) is 0 Å². The summed E-state index contributed by atoms with van der Waals surface area (Å²) in [6.07, 6.45) is 9.07. The van der Waals surface area contributed by atoms with Gasteiger partial charge in [-0.15, -0.1) is 0 Å². The van der Waals surface area contributed by atoms with Gasteiger partial charge in [-0.05, 0) is 31.4 Å². The van der Waals surface area contributed by atoms with Gasteiger partial charge in [-0.1, -0.05) is 38.3 Å². The maximum Gasteiger partial charge on any atom is 0.144 e. The second-order valence-corrected chi connectivity index (χ2v) is 7.01. The summed E-state index contributed by atoms with van der Waals surface area (Å²) in [5.74, 6) is 1.61. The Bertz CT molecular complexity index is 248. The average molecular weight is 258 g/mol. The molecule has 0 spiro atoms. The summed E-state index contributed by atoms with van der Waals surface area (Å²) in [5, 5.41) is 12.7. The first-order valence-electron chi connectivity index (χ1n) is 6.66. The predicted molar refractivity (Wildman–Crippen MR) is 75.8 cm³/mol. The van der Waals surface area contributed by atoms with E-state index >= 15 is 0 Å². The maximum atomic E-state index is 8.68. The van der Waals surface area contributed by atoms with Crippen LogP contribution in [-0.4, -0.2) is 22.0 Å². The molecule has 3 nitrogen and oxygen atoms in total. The fourth-order valence-electron chi connectivity index (χ4n) is 2.24. The molecule has 100 valence electrons. The molecule has 0 aromatic carbocycles. The zero-order valence-corrected chi connectivity index (χ0v) is 11.9. The number of hydrogen-bond donors (Lipinski definition) is 2. The van der Waals surface area contributed by atoms with E-state index in [0.29, 0.717) is 5.84 Å². The molecule has 0 aliphatic heterocycles. The van der Waals surface area contributed by atoms with E-state index in [9.17, 15) is 0 Å². The van der Waals surface area contributed by atoms with Crippen LogP contribution in [0, 0.1) is 5.41 Å². The van der Waals surface area contributed by atoms with Crippen molar-refractivity contribution in [3.63, 3.8) is 0 Å². The van der Waals surface area contributed by atoms with Gasteiger partial charge in [0.2, 0.25) is 0 Å². The largest absolute Gasteiger partial charge is 0.409 e. The van der Waals surface area contributed by atoms with E-state index in [-0.39, 0.29) is 5.41 Å². The molecule has 0 bridgehead atoms. The lowest BCUT2D eigenvalue weighted by Gasteiger charge is -2.22. The zero-order chi connectivity index (χ0) is 12.7. The molecule has 0 saturated heterocycles. The molecule has 4 heteroatoms. The van der Waals surface area contributed by atoms with Crippen molar-refractivity contribution in [2.45, 2.75) is 64.0 Å². The van der Waals surface area contributed by atoms with Gasteiger partial charge in [0.05, 0.1) is 0 Å². The molecule has 1 rings (SSSR count). The number of rotatable bonds is 7. The van der Waals surface area contributed by atoms with Gasteiger partial charge < -0.3 is 10.9 Å². The topological polar surface area (TPSA) is 58.6 Å². The highest BCUT2D eigenvalue weighted by Gasteiger charge is 2.22. The standard InChI is InChI=1S/C13H26N2OS/c1-13(2,12(14)15-16)9-5-6-10-17-11-7-3-4-8-11/h11,16H,3-10H2,1-2H3,(H2,14,15). The third kappa shape index (κ3) is 5.19. The number of oxime groups is 1. The molecule has 1 aliphatic rings. The van der Waals surface area contributed by atoms with E-state index in [1.54, 1.807) is 0 Å². The van der Waals surface area contributed by atoms with E-state index in [0.717, 1.165) is 18.1 Å². The van der Waals surface area contributed by atoms with Crippen LogP contribution in [0.5, 0.6) is 0 Å². The fourth-order valence-corrected chi connectivity index (χ4v) is 3.61. The number of nitrogens with zero attached hydrogens (tertiary/aromatic N) is 1. The second kappa shape index (κ2) is 7.14. The van der Waals surface area contributed by atoms with Crippen molar-refractivity contribution in [2.24, 2.45) is 16.3 Å². The van der Waals surface area contributed by atoms with Gasteiger partial charge in [0.1, 0.15) is 5.84 Å². The van der Waals surface area contributed by atoms with Crippen molar-refractivity contribution >= 4 is 17.6 Å². The van der Waals surface area contributed by atoms with Gasteiger partial charge in [-0.25, -0.2) is 0 Å². The highest BCUT2D eigenvalue weighted by atomic mass is 32.2. The molecule has 0 aromatic rings. The molecule has 0 amide bonds. The summed E-state index contributed by atoms with van der Waals surface area (Å²) in [4.78, 5) is 0. The molecule has 1 fully saturated rings. The van der Waals surface area contributed by atoms with Crippen molar-refractivity contribution in [1.82, 2.24) is 0 Å². The van der Waals surface area contributed by atoms with E-state index in [4.69, 9.17) is 10.9 Å². The second-order valence-electron chi connectivity index (χ2n) is 5.60. The van der Waals surface area contributed by atoms with E-state index in [2.05, 4.69) is 16.9 Å². The molecule has 0 heterocycles. The quantitative estimate of drug-likeness (QED) is 0.241. The minimum atomic E-state index is -0.174. The molecule has 1 saturated carbocycles. The Labute approximate surface area is 109 Å². The Morgan fingerprint density at radius 1 is 1.35 bits per heavy atom. The van der Waals surface area contributed by atoms with Crippen molar-refractivity contribution in [3.8, 4) is 0 Å². The summed E-state index contributed by atoms with van der Waals surface area (Å²) < 4.78 is 0. The summed E-state index contributed by atoms with van der Waals surface area (Å²) in [7, 11) is 0. The van der Waals surface area contributed by atoms with Crippen molar-refractivity contribution < 1.29 is 5.21 Å². The monoisotopic (exact) mass is 258 g/mol. The normalized spacial score (nSPS) is 18.8. The molecule has 1 aliphatic carbocycles. The Morgan fingerprint density at radius 2 is 2.00 bits per heavy atom. The van der Waals surface area contributed by atoms with Crippen LogP contribution in [0.1, 0.15) is 58.8 Å². The smallest absolute Gasteiger partial charge is 0.144 e. The lowest BCUT2D eigenvalue weighted by Crippen LogP contribution is -2.31. The summed E-state index contributed by atoms with van der Waals surface area (Å²) in [6, 6.07) is 0. The van der Waals surface area contributed by atoms with Crippen molar-refractivity contribution in [1.29, 1.82) is 0 Å². The van der Waals surface area contributed by atoms with E-state index in [1.807, 2.05) is 13.8 Å². The number of amidine groups is 1. The number of unbranched alkanes of at least 4 members (excludes halogenated alkanes) is 1. The highest BCUT2D eigenvalue weighted by Crippen LogP contribution is 2.30. The van der Waals surface area contributed by atoms with E-state index < -0.39 is 0 Å². The van der Waals surface area contributed by atoms with Crippen LogP contribution in [-0.2, 0) is 0 Å². The molecule has 0 aromatic heterocycles. The van der Waals surface area contributed by atoms with Crippen LogP contribution < -0.4 is 5.73 Å². The third-order valence-electron chi connectivity index (χ3n) is 3.65. The Morgan fingerprint density at radius 3 is 2.59 bits per heavy atom. The van der Waals surface area contributed by atoms with Gasteiger partial charge in [0.15, 0.2) is 0 Å². The SMILES string of the molecule is CC(C)(CCCCSC1CCCC1)C(N)=NO. The number of nitrogens with two attached hydrogens (primary N) is 1. The minimum absolute atomic E-state index is 0.174. The van der Waals surface area contributed by atoms with Crippen LogP contribution in [0.2, 0.25) is 0 Å². The first-order valence-corrected chi connectivity index (χ1v) is 7.71. The summed E-state index contributed by atoms with van der Waals surface area (Å²) >= 11 is 2.14. The lowest BCUT2D eigenvalue weighted by atomic mass is 9.86. The van der Waals surface area contributed by atoms with Crippen LogP contribution in [0.4, 0.5) is 0 Å². The van der Waals surface area contributed by atoms with Gasteiger partial charge in [0, 0.05) is 10.7 Å². The van der Waals surface area contributed by atoms with Gasteiger partial charge in [-0.2, -0.15) is 11.8 Å². The maximum absolute atomic E-state index is 8.68. The Balaban J connectivity index is 2.07. The average Bonchev–Trinajstić information content (AvgIpc) is 2.80. The molecule has 0 unspecified atom stereocenters. The molecular formula is C13H26N2OS. The zero-order valence-electron chi connectivity index (χ0n) is 11.1. The molecular weight excluding hydrogens is 232 g/mol. The van der Waals surface area contributed by atoms with Crippen LogP contribution >= 0.6 is 11.8 Å². The van der Waals surface area contributed by atoms with Crippen LogP contribution in [0.3, 0.4) is 0 Å². The number of hydrogen-bond acceptors (Lipinski definition) is 3. The molecule has 0 radical (unpaired) electrons.